The quantitative estimate of drug-likeness (QED) is 0.0252. The monoisotopic (exact) mass is 1280 g/mol. The molecule has 0 spiro atoms. The topological polar surface area (TPSA) is 312 Å². The summed E-state index contributed by atoms with van der Waals surface area (Å²) in [6.07, 6.45) is 8.48. The van der Waals surface area contributed by atoms with E-state index in [0.717, 1.165) is 27.2 Å². The van der Waals surface area contributed by atoms with Crippen LogP contribution >= 0.6 is 0 Å². The van der Waals surface area contributed by atoms with Gasteiger partial charge in [-0.25, -0.2) is 9.59 Å². The van der Waals surface area contributed by atoms with Crippen LogP contribution in [0.3, 0.4) is 0 Å². The van der Waals surface area contributed by atoms with Gasteiger partial charge in [0, 0.05) is 75.0 Å². The van der Waals surface area contributed by atoms with Gasteiger partial charge in [-0.05, 0) is 96.5 Å². The van der Waals surface area contributed by atoms with Crippen molar-refractivity contribution in [2.45, 2.75) is 109 Å². The van der Waals surface area contributed by atoms with Crippen LogP contribution in [0.15, 0.2) is 119 Å². The second-order valence-electron chi connectivity index (χ2n) is 23.7. The molecule has 4 atom stereocenters. The summed E-state index contributed by atoms with van der Waals surface area (Å²) in [4.78, 5) is 134. The summed E-state index contributed by atoms with van der Waals surface area (Å²) >= 11 is 0. The molecule has 5 heterocycles. The number of hydrogen-bond acceptors (Lipinski definition) is 16. The first-order chi connectivity index (χ1) is 45.4. The maximum absolute atomic E-state index is 14.2. The van der Waals surface area contributed by atoms with E-state index in [1.54, 1.807) is 84.6 Å². The summed E-state index contributed by atoms with van der Waals surface area (Å²) in [5, 5.41) is 10.9. The van der Waals surface area contributed by atoms with Gasteiger partial charge in [-0.1, -0.05) is 80.9 Å². The Labute approximate surface area is 544 Å². The molecule has 6 N–H and O–H groups in total. The Kier molecular flexibility index (Phi) is 21.7. The Hall–Kier alpha value is -10.6. The summed E-state index contributed by atoms with van der Waals surface area (Å²) < 4.78 is 30.1. The van der Waals surface area contributed by atoms with Gasteiger partial charge in [0.25, 0.3) is 23.6 Å². The Balaban J connectivity index is 0.789. The van der Waals surface area contributed by atoms with E-state index < -0.39 is 36.0 Å². The van der Waals surface area contributed by atoms with Gasteiger partial charge in [0.05, 0.1) is 61.9 Å². The van der Waals surface area contributed by atoms with Crippen molar-refractivity contribution in [1.29, 1.82) is 0 Å². The highest BCUT2D eigenvalue weighted by atomic mass is 16.6. The van der Waals surface area contributed by atoms with Crippen LogP contribution < -0.4 is 45.9 Å². The smallest absolute Gasteiger partial charge is 0.410 e. The highest BCUT2D eigenvalue weighted by Crippen LogP contribution is 2.40. The molecule has 10 rings (SSSR count). The molecule has 0 bridgehead atoms. The van der Waals surface area contributed by atoms with E-state index in [1.165, 1.54) is 31.3 Å². The number of unbranched alkanes of at least 4 members (excludes halogenated alkanes) is 2. The molecule has 5 aromatic carbocycles. The van der Waals surface area contributed by atoms with E-state index in [-0.39, 0.29) is 113 Å². The number of primary amides is 1. The third-order valence-electron chi connectivity index (χ3n) is 17.0. The highest BCUT2D eigenvalue weighted by molar-refractivity contribution is 6.13. The molecule has 5 aliphatic heterocycles. The first-order valence-electron chi connectivity index (χ1n) is 31.5. The number of rotatable bonds is 28. The molecule has 0 aliphatic carbocycles. The number of fused-ring (bicyclic) bond motifs is 6. The number of methoxy groups -OCH3 is 2. The fourth-order valence-electron chi connectivity index (χ4n) is 11.8. The van der Waals surface area contributed by atoms with Gasteiger partial charge in [-0.3, -0.25) is 48.4 Å². The van der Waals surface area contributed by atoms with Crippen LogP contribution in [-0.4, -0.2) is 163 Å². The summed E-state index contributed by atoms with van der Waals surface area (Å²) in [6, 6.07) is 25.8. The molecule has 492 valence electrons. The van der Waals surface area contributed by atoms with Crippen molar-refractivity contribution in [3.8, 4) is 23.0 Å². The largest absolute Gasteiger partial charge is 0.493 e. The van der Waals surface area contributed by atoms with Crippen LogP contribution in [-0.2, 0) is 61.2 Å². The third-order valence-corrected chi connectivity index (χ3v) is 17.0. The number of urea groups is 1. The average Bonchev–Trinajstić information content (AvgIpc) is 1.54. The normalized spacial score (nSPS) is 16.4. The number of nitrogens with zero attached hydrogens (tertiary/aromatic N) is 6. The SMILES string of the molecule is COc1cc2c(cc1OCCN(CCOc1cc3c(cc1OC)C(=O)N1Cc4ccccc4C[C@H]1C=N3)C(=O)OCc1ccc(NC(=O)[C@H](CCCNC(N)=O)NC(=O)[C@@H](NC(=O)CCCCCN3C(=O)C=CC3=O)C(C)C)cc1)N=CC1Cc3ccccc3CN1C2=O. The van der Waals surface area contributed by atoms with E-state index >= 15 is 0 Å². The first-order valence-corrected chi connectivity index (χ1v) is 31.5. The van der Waals surface area contributed by atoms with Crippen LogP contribution in [0.1, 0.15) is 101 Å². The Morgan fingerprint density at radius 3 is 1.71 bits per heavy atom. The fourth-order valence-corrected chi connectivity index (χ4v) is 11.8. The van der Waals surface area contributed by atoms with Gasteiger partial charge in [-0.15, -0.1) is 0 Å². The Morgan fingerprint density at radius 2 is 1.19 bits per heavy atom. The predicted octanol–water partition coefficient (Wildman–Crippen LogP) is 6.86. The van der Waals surface area contributed by atoms with Gasteiger partial charge in [-0.2, -0.15) is 0 Å². The molecule has 94 heavy (non-hydrogen) atoms. The molecule has 0 radical (unpaired) electrons. The van der Waals surface area contributed by atoms with Crippen LogP contribution in [0.5, 0.6) is 23.0 Å². The van der Waals surface area contributed by atoms with Crippen molar-refractivity contribution in [2.24, 2.45) is 21.6 Å². The number of hydrogen-bond donors (Lipinski definition) is 5. The molecule has 25 nitrogen and oxygen atoms in total. The summed E-state index contributed by atoms with van der Waals surface area (Å²) in [5.74, 6) is -1.89. The molecular formula is C69H77N11O14. The zero-order valence-corrected chi connectivity index (χ0v) is 52.9. The molecule has 10 amide bonds. The van der Waals surface area contributed by atoms with Crippen LogP contribution in [0.4, 0.5) is 26.7 Å². The number of nitrogens with one attached hydrogen (secondary N) is 4. The minimum Gasteiger partial charge on any atom is -0.493 e. The number of imide groups is 1. The fraction of sp³-hybridized carbons (Fsp3) is 0.377. The number of benzene rings is 5. The van der Waals surface area contributed by atoms with Crippen molar-refractivity contribution >= 4 is 83.0 Å². The van der Waals surface area contributed by atoms with Crippen molar-refractivity contribution in [3.05, 3.63) is 148 Å². The number of carbonyl (C=O) groups is 9. The maximum Gasteiger partial charge on any atom is 0.410 e. The van der Waals surface area contributed by atoms with Crippen LogP contribution in [0.25, 0.3) is 0 Å². The van der Waals surface area contributed by atoms with Crippen molar-refractivity contribution in [1.82, 2.24) is 35.6 Å². The van der Waals surface area contributed by atoms with Gasteiger partial charge in [0.2, 0.25) is 17.7 Å². The standard InChI is InChI=1S/C69H77N11O14/c1-42(2)63(76-60(81)18-6-5-11-26-78-61(82)23-24-62(78)83)65(85)75-53(17-12-25-71-68(70)88)64(84)74-48-21-19-43(20-22-48)41-94-69(89)77(27-29-92-58-35-54-51(33-56(58)90-3)66(86)79-39-46-15-9-7-13-44(46)31-49(79)37-72-54)28-30-93-59-36-55-52(34-57(59)91-4)67(87)80-40-47-16-10-8-14-45(47)32-50(80)38-73-55/h7-10,13-16,19-24,33-38,42,49-50,53,63H,5-6,11-12,17-18,25-32,39-41H2,1-4H3,(H,74,84)(H,75,85)(H,76,81)(H3,70,71,88)/t49-,50?,53-,63-/m0/s1. The zero-order chi connectivity index (χ0) is 66.4. The van der Waals surface area contributed by atoms with E-state index in [1.807, 2.05) is 36.4 Å². The number of aliphatic imine (C=N–C) groups is 2. The second-order valence-corrected chi connectivity index (χ2v) is 23.7. The van der Waals surface area contributed by atoms with Crippen molar-refractivity contribution < 1.29 is 66.8 Å². The molecule has 0 aromatic heterocycles. The predicted molar refractivity (Wildman–Crippen MR) is 348 cm³/mol. The second kappa shape index (κ2) is 30.7. The van der Waals surface area contributed by atoms with Crippen LogP contribution in [0.2, 0.25) is 0 Å². The number of ether oxygens (including phenoxy) is 5. The number of amides is 10. The van der Waals surface area contributed by atoms with E-state index in [4.69, 9.17) is 39.4 Å². The molecule has 5 aliphatic rings. The average molecular weight is 1280 g/mol. The molecule has 0 fully saturated rings. The molecule has 25 heteroatoms. The van der Waals surface area contributed by atoms with Crippen molar-refractivity contribution in [2.75, 3.05) is 58.9 Å². The third kappa shape index (κ3) is 16.2. The lowest BCUT2D eigenvalue weighted by Gasteiger charge is -2.34. The van der Waals surface area contributed by atoms with E-state index in [9.17, 15) is 43.2 Å². The lowest BCUT2D eigenvalue weighted by atomic mass is 9.94. The van der Waals surface area contributed by atoms with E-state index in [2.05, 4.69) is 33.4 Å². The lowest BCUT2D eigenvalue weighted by Crippen LogP contribution is -2.54. The first kappa shape index (κ1) is 66.3. The molecule has 1 unspecified atom stereocenters. The number of anilines is 1. The highest BCUT2D eigenvalue weighted by Gasteiger charge is 2.36. The van der Waals surface area contributed by atoms with Crippen molar-refractivity contribution in [3.63, 3.8) is 0 Å². The molecule has 0 saturated heterocycles. The number of carbonyl (C=O) groups excluding carboxylic acids is 9. The molecular weight excluding hydrogens is 1210 g/mol. The summed E-state index contributed by atoms with van der Waals surface area (Å²) in [5.41, 5.74) is 12.2. The lowest BCUT2D eigenvalue weighted by molar-refractivity contribution is -0.137. The zero-order valence-electron chi connectivity index (χ0n) is 52.9. The number of nitrogens with two attached hydrogens (primary N) is 1. The Morgan fingerprint density at radius 1 is 0.649 bits per heavy atom. The van der Waals surface area contributed by atoms with Gasteiger partial charge >= 0.3 is 12.1 Å². The maximum atomic E-state index is 14.2. The summed E-state index contributed by atoms with van der Waals surface area (Å²) in [7, 11) is 2.95. The van der Waals surface area contributed by atoms with E-state index in [0.29, 0.717) is 102 Å². The molecule has 0 saturated carbocycles. The minimum absolute atomic E-state index is 0.0167. The summed E-state index contributed by atoms with van der Waals surface area (Å²) in [6.45, 7) is 4.38. The minimum atomic E-state index is -1.11. The Bertz CT molecular complexity index is 3630. The van der Waals surface area contributed by atoms with Gasteiger partial charge < -0.3 is 65.4 Å². The van der Waals surface area contributed by atoms with Gasteiger partial charge in [0.15, 0.2) is 23.0 Å². The van der Waals surface area contributed by atoms with Crippen LogP contribution in [0, 0.1) is 5.92 Å². The molecule has 5 aromatic rings. The van der Waals surface area contributed by atoms with Gasteiger partial charge in [0.1, 0.15) is 31.9 Å².